The molecule has 2 nitrogen and oxygen atoms in total. The summed E-state index contributed by atoms with van der Waals surface area (Å²) in [6.45, 7) is 20.7. The fraction of sp³-hybridized carbons (Fsp3) is 0.130. The van der Waals surface area contributed by atoms with Gasteiger partial charge in [0.2, 0.25) is 0 Å². The SMILES string of the molecule is C[Si](C)(C)c1cc2c(-c3cccc4cccnc34)cccc2[cH-]1.C[Si](C)=[Zr+2].C[Si](C)=[Zr+2].Cc1cc2ccccc2[cH-]1.Cc1cc2ccccc2[cH-]1.Cl.Cl.Cl.Cl.c1ccc(-c2cc3c(-c4cccc5cccnc45)cccc3[cH-]2)cc1. The molecule has 80 heavy (non-hydrogen) atoms. The molecule has 0 unspecified atom stereocenters. The number of nitrogens with zero attached hydrogens (tertiary/aromatic N) is 2. The van der Waals surface area contributed by atoms with Crippen LogP contribution >= 0.6 is 49.6 Å². The quantitative estimate of drug-likeness (QED) is 0.130. The maximum atomic E-state index is 4.63. The summed E-state index contributed by atoms with van der Waals surface area (Å²) in [5.74, 6) is 0. The van der Waals surface area contributed by atoms with Crippen LogP contribution in [0, 0.1) is 13.8 Å². The van der Waals surface area contributed by atoms with Crippen LogP contribution in [-0.4, -0.2) is 28.9 Å². The molecular weight excluding hydrogens is 1270 g/mol. The number of halogens is 4. The van der Waals surface area contributed by atoms with Gasteiger partial charge in [0.05, 0.1) is 19.1 Å². The van der Waals surface area contributed by atoms with Crippen LogP contribution in [0.25, 0.3) is 98.3 Å². The van der Waals surface area contributed by atoms with Crippen LogP contribution in [0.2, 0.25) is 45.8 Å². The summed E-state index contributed by atoms with van der Waals surface area (Å²) in [6, 6.07) is 79.7. The predicted molar refractivity (Wildman–Crippen MR) is 361 cm³/mol. The zero-order valence-corrected chi connectivity index (χ0v) is 58.2. The Labute approximate surface area is 530 Å². The molecule has 0 aliphatic rings. The number of benzene rings is 7. The molecule has 13 rings (SSSR count). The molecule has 0 saturated carbocycles. The molecule has 404 valence electrons. The first-order chi connectivity index (χ1) is 36.6. The van der Waals surface area contributed by atoms with E-state index in [0.29, 0.717) is 0 Å². The number of rotatable bonds is 4. The minimum atomic E-state index is -1.31. The van der Waals surface area contributed by atoms with Gasteiger partial charge in [-0.15, -0.1) is 200 Å². The van der Waals surface area contributed by atoms with E-state index in [1.807, 2.05) is 24.5 Å². The van der Waals surface area contributed by atoms with Gasteiger partial charge in [0.15, 0.2) is 0 Å². The molecular formula is C69H70Cl4N2Si3Zr2. The summed E-state index contributed by atoms with van der Waals surface area (Å²) >= 11 is 3.48. The molecule has 0 fully saturated rings. The summed E-state index contributed by atoms with van der Waals surface area (Å²) in [4.78, 5) is 9.26. The van der Waals surface area contributed by atoms with E-state index in [-0.39, 0.29) is 60.5 Å². The van der Waals surface area contributed by atoms with E-state index in [1.54, 1.807) is 46.7 Å². The zero-order chi connectivity index (χ0) is 53.8. The monoisotopic (exact) mass is 1330 g/mol. The van der Waals surface area contributed by atoms with Crippen molar-refractivity contribution in [2.24, 2.45) is 0 Å². The topological polar surface area (TPSA) is 25.8 Å². The Kier molecular flexibility index (Phi) is 27.4. The number of aromatic nitrogens is 2. The van der Waals surface area contributed by atoms with E-state index in [1.165, 1.54) is 104 Å². The van der Waals surface area contributed by atoms with E-state index in [2.05, 4.69) is 282 Å². The first-order valence-corrected chi connectivity index (χ1v) is 41.9. The maximum Gasteiger partial charge on any atom is 0.0773 e. The molecule has 13 aromatic rings. The van der Waals surface area contributed by atoms with Crippen LogP contribution < -0.4 is 5.19 Å². The van der Waals surface area contributed by atoms with Crippen molar-refractivity contribution in [1.29, 1.82) is 0 Å². The fourth-order valence-corrected chi connectivity index (χ4v) is 10.6. The van der Waals surface area contributed by atoms with Crippen LogP contribution in [0.4, 0.5) is 0 Å². The Bertz CT molecular complexity index is 3910. The van der Waals surface area contributed by atoms with E-state index in [9.17, 15) is 0 Å². The molecule has 2 aromatic heterocycles. The molecule has 0 spiro atoms. The van der Waals surface area contributed by atoms with E-state index in [4.69, 9.17) is 0 Å². The number of hydrogen-bond donors (Lipinski definition) is 0. The van der Waals surface area contributed by atoms with Crippen molar-refractivity contribution in [3.63, 3.8) is 0 Å². The van der Waals surface area contributed by atoms with Crippen LogP contribution in [0.15, 0.2) is 237 Å². The zero-order valence-electron chi connectivity index (χ0n) is 47.0. The predicted octanol–water partition coefficient (Wildman–Crippen LogP) is 20.8. The van der Waals surface area contributed by atoms with E-state index in [0.717, 1.165) is 11.0 Å². The van der Waals surface area contributed by atoms with Gasteiger partial charge in [-0.05, 0) is 23.3 Å². The molecule has 0 aliphatic carbocycles. The average molecular weight is 1340 g/mol. The second-order valence-corrected chi connectivity index (χ2v) is 44.6. The molecule has 0 bridgehead atoms. The van der Waals surface area contributed by atoms with Gasteiger partial charge in [-0.1, -0.05) is 154 Å². The van der Waals surface area contributed by atoms with Crippen molar-refractivity contribution in [1.82, 2.24) is 9.97 Å². The second-order valence-electron chi connectivity index (χ2n) is 20.8. The first-order valence-electron chi connectivity index (χ1n) is 26.0. The summed E-state index contributed by atoms with van der Waals surface area (Å²) < 4.78 is 0. The molecule has 0 N–H and O–H groups in total. The van der Waals surface area contributed by atoms with Gasteiger partial charge >= 0.3 is 83.7 Å². The van der Waals surface area contributed by atoms with Crippen molar-refractivity contribution < 1.29 is 46.7 Å². The molecule has 11 heteroatoms. The third-order valence-corrected chi connectivity index (χ3v) is 14.9. The van der Waals surface area contributed by atoms with Gasteiger partial charge in [-0.3, -0.25) is 9.97 Å². The van der Waals surface area contributed by atoms with Crippen molar-refractivity contribution in [3.05, 3.63) is 248 Å². The van der Waals surface area contributed by atoms with Gasteiger partial charge in [-0.2, -0.15) is 18.2 Å². The molecule has 0 saturated heterocycles. The van der Waals surface area contributed by atoms with Crippen LogP contribution in [0.1, 0.15) is 11.1 Å². The number of para-hydroxylation sites is 2. The second kappa shape index (κ2) is 32.3. The van der Waals surface area contributed by atoms with Gasteiger partial charge in [0.1, 0.15) is 0 Å². The third-order valence-electron chi connectivity index (χ3n) is 12.8. The van der Waals surface area contributed by atoms with E-state index >= 15 is 0 Å². The number of hydrogen-bond acceptors (Lipinski definition) is 2. The minimum absolute atomic E-state index is 0. The third kappa shape index (κ3) is 18.2. The summed E-state index contributed by atoms with van der Waals surface area (Å²) in [7, 11) is -1.31. The average Bonchev–Trinajstić information content (AvgIpc) is 4.25. The van der Waals surface area contributed by atoms with Crippen LogP contribution in [-0.2, 0) is 46.7 Å². The van der Waals surface area contributed by atoms with E-state index < -0.39 is 8.07 Å². The Morgan fingerprint density at radius 2 is 0.738 bits per heavy atom. The van der Waals surface area contributed by atoms with Crippen molar-refractivity contribution in [3.8, 4) is 33.4 Å². The normalized spacial score (nSPS) is 10.3. The van der Waals surface area contributed by atoms with Crippen LogP contribution in [0.3, 0.4) is 0 Å². The molecule has 2 heterocycles. The van der Waals surface area contributed by atoms with Crippen molar-refractivity contribution in [2.45, 2.75) is 59.7 Å². The molecule has 0 atom stereocenters. The molecule has 0 aliphatic heterocycles. The first kappa shape index (κ1) is 67.9. The molecule has 0 radical (unpaired) electrons. The summed E-state index contributed by atoms with van der Waals surface area (Å²) in [5, 5.41) is 14.5. The largest absolute Gasteiger partial charge is 0.256 e. The molecule has 0 amide bonds. The number of pyridine rings is 2. The summed E-state index contributed by atoms with van der Waals surface area (Å²) in [5.41, 5.74) is 12.7. The smallest absolute Gasteiger partial charge is 0.0773 e. The van der Waals surface area contributed by atoms with Crippen LogP contribution in [0.5, 0.6) is 0 Å². The van der Waals surface area contributed by atoms with Crippen molar-refractivity contribution >= 4 is 139 Å². The maximum absolute atomic E-state index is 4.63. The summed E-state index contributed by atoms with van der Waals surface area (Å²) in [6.07, 6.45) is 3.75. The van der Waals surface area contributed by atoms with Gasteiger partial charge in [0.25, 0.3) is 0 Å². The van der Waals surface area contributed by atoms with Crippen molar-refractivity contribution in [2.75, 3.05) is 0 Å². The van der Waals surface area contributed by atoms with Gasteiger partial charge in [0, 0.05) is 28.7 Å². The standard InChI is InChI=1S/C24H16N.C21H20NSi.2C10H9.2C2H6Si.4ClH.2Zr/c1-2-7-17(8-3-1)20-15-19-10-5-12-21(23(19)16-20)22-13-4-9-18-11-6-14-25-24(18)22;1-23(2,3)17-13-16-8-5-10-18(20(16)14-17)19-11-4-7-15-9-6-12-22-21(15)19;2*1-8-6-9-4-2-3-5-10(9)7-8;2*1-3-2;;;;;;/h1-16H;4-14H,1-3H3;2*2-7H,1H3;2*1-2H3;4*1H;;/q4*-1;;;;;;;2*+2. The number of fused-ring (bicyclic) bond motifs is 6. The Balaban J connectivity index is 0.000000229. The fourth-order valence-electron chi connectivity index (χ4n) is 9.42. The van der Waals surface area contributed by atoms with Gasteiger partial charge < -0.3 is 0 Å². The van der Waals surface area contributed by atoms with Gasteiger partial charge in [-0.25, -0.2) is 0 Å². The Morgan fingerprint density at radius 3 is 1.19 bits per heavy atom. The Morgan fingerprint density at radius 1 is 0.375 bits per heavy atom. The Hall–Kier alpha value is -4.62. The number of aryl methyl sites for hydroxylation is 2. The minimum Gasteiger partial charge on any atom is -0.256 e. The molecule has 11 aromatic carbocycles.